The zero-order valence-corrected chi connectivity index (χ0v) is 13.5. The fraction of sp³-hybridized carbons (Fsp3) is 0.333. The molecule has 0 amide bonds. The van der Waals surface area contributed by atoms with E-state index in [0.29, 0.717) is 0 Å². The lowest BCUT2D eigenvalue weighted by Crippen LogP contribution is -2.41. The van der Waals surface area contributed by atoms with Gasteiger partial charge in [-0.05, 0) is 17.0 Å². The lowest BCUT2D eigenvalue weighted by atomic mass is 9.92. The Morgan fingerprint density at radius 3 is 2.04 bits per heavy atom. The van der Waals surface area contributed by atoms with Crippen LogP contribution < -0.4 is 0 Å². The van der Waals surface area contributed by atoms with Crippen LogP contribution in [0.25, 0.3) is 11.1 Å². The molecule has 2 aliphatic rings. The van der Waals surface area contributed by atoms with Gasteiger partial charge >= 0.3 is 0 Å². The molecular weight excluding hydrogens is 282 g/mol. The van der Waals surface area contributed by atoms with Crippen molar-refractivity contribution in [2.24, 2.45) is 0 Å². The van der Waals surface area contributed by atoms with Gasteiger partial charge in [0.1, 0.15) is 6.54 Å². The Labute approximate surface area is 138 Å². The van der Waals surface area contributed by atoms with Crippen LogP contribution in [-0.2, 0) is 5.60 Å². The van der Waals surface area contributed by atoms with Crippen molar-refractivity contribution in [3.05, 3.63) is 59.7 Å². The van der Waals surface area contributed by atoms with Gasteiger partial charge in [-0.3, -0.25) is 0 Å². The Bertz CT molecular complexity index is 760. The molecule has 0 spiro atoms. The molecule has 1 aliphatic carbocycles. The van der Waals surface area contributed by atoms with Gasteiger partial charge < -0.3 is 9.59 Å². The monoisotopic (exact) mass is 304 g/mol. The van der Waals surface area contributed by atoms with Crippen LogP contribution in [0.3, 0.4) is 0 Å². The number of nitrogens with zero attached hydrogens (tertiary/aromatic N) is 1. The van der Waals surface area contributed by atoms with Gasteiger partial charge in [0.2, 0.25) is 0 Å². The summed E-state index contributed by atoms with van der Waals surface area (Å²) in [5, 5.41) is 11.4. The minimum absolute atomic E-state index is 0.812. The van der Waals surface area contributed by atoms with Crippen LogP contribution in [0.15, 0.2) is 48.5 Å². The summed E-state index contributed by atoms with van der Waals surface area (Å²) in [6.07, 6.45) is 2.57. The lowest BCUT2D eigenvalue weighted by Gasteiger charge is -2.26. The highest BCUT2D eigenvalue weighted by Crippen LogP contribution is 2.46. The predicted octanol–water partition coefficient (Wildman–Crippen LogP) is 3.15. The molecule has 2 heteroatoms. The minimum Gasteiger partial charge on any atom is -0.369 e. The lowest BCUT2D eigenvalue weighted by molar-refractivity contribution is -0.890. The summed E-state index contributed by atoms with van der Waals surface area (Å²) in [7, 11) is 2.27. The number of likely N-dealkylation sites (tertiary alicyclic amines) is 1. The Kier molecular flexibility index (Phi) is 3.30. The van der Waals surface area contributed by atoms with Gasteiger partial charge in [-0.25, -0.2) is 0 Å². The van der Waals surface area contributed by atoms with E-state index in [2.05, 4.69) is 31.0 Å². The summed E-state index contributed by atoms with van der Waals surface area (Å²) < 4.78 is 1.01. The Hall–Kier alpha value is -2.08. The van der Waals surface area contributed by atoms with E-state index in [9.17, 15) is 5.11 Å². The van der Waals surface area contributed by atoms with Gasteiger partial charge in [0.05, 0.1) is 20.1 Å². The van der Waals surface area contributed by atoms with E-state index in [1.807, 2.05) is 36.4 Å². The highest BCUT2D eigenvalue weighted by molar-refractivity contribution is 5.81. The molecule has 1 fully saturated rings. The number of quaternary nitrogens is 1. The zero-order chi connectivity index (χ0) is 15.9. The molecule has 0 aromatic heterocycles. The average molecular weight is 304 g/mol. The molecule has 4 rings (SSSR count). The van der Waals surface area contributed by atoms with Crippen LogP contribution in [0.4, 0.5) is 0 Å². The van der Waals surface area contributed by atoms with E-state index in [1.54, 1.807) is 0 Å². The van der Waals surface area contributed by atoms with Crippen LogP contribution in [0.5, 0.6) is 0 Å². The molecule has 0 unspecified atom stereocenters. The first-order valence-corrected chi connectivity index (χ1v) is 8.38. The fourth-order valence-corrected chi connectivity index (χ4v) is 3.96. The molecule has 116 valence electrons. The number of benzene rings is 2. The standard InChI is InChI=1S/C21H22NO/c1-22(14-6-7-15-22)16-8-13-21(23)19-11-4-2-9-17(19)18-10-3-5-12-20(18)21/h2-5,9-12,23H,6-7,14-16H2,1H3/q+1. The van der Waals surface area contributed by atoms with Crippen molar-refractivity contribution in [1.82, 2.24) is 0 Å². The number of aliphatic hydroxyl groups is 1. The molecular formula is C21H22NO+. The number of fused-ring (bicyclic) bond motifs is 3. The smallest absolute Gasteiger partial charge is 0.178 e. The Morgan fingerprint density at radius 2 is 1.48 bits per heavy atom. The van der Waals surface area contributed by atoms with Crippen molar-refractivity contribution in [3.63, 3.8) is 0 Å². The third-order valence-corrected chi connectivity index (χ3v) is 5.30. The molecule has 2 aromatic carbocycles. The molecule has 0 bridgehead atoms. The Morgan fingerprint density at radius 1 is 0.957 bits per heavy atom. The van der Waals surface area contributed by atoms with E-state index >= 15 is 0 Å². The summed E-state index contributed by atoms with van der Waals surface area (Å²) >= 11 is 0. The number of hydrogen-bond acceptors (Lipinski definition) is 1. The van der Waals surface area contributed by atoms with E-state index in [4.69, 9.17) is 0 Å². The minimum atomic E-state index is -1.17. The second kappa shape index (κ2) is 5.23. The van der Waals surface area contributed by atoms with Gasteiger partial charge in [-0.1, -0.05) is 54.5 Å². The first kappa shape index (κ1) is 14.5. The second-order valence-corrected chi connectivity index (χ2v) is 7.04. The van der Waals surface area contributed by atoms with Crippen molar-refractivity contribution in [1.29, 1.82) is 0 Å². The maximum atomic E-state index is 11.4. The molecule has 23 heavy (non-hydrogen) atoms. The van der Waals surface area contributed by atoms with Crippen molar-refractivity contribution in [2.45, 2.75) is 18.4 Å². The second-order valence-electron chi connectivity index (χ2n) is 7.04. The molecule has 2 nitrogen and oxygen atoms in total. The van der Waals surface area contributed by atoms with E-state index in [-0.39, 0.29) is 0 Å². The van der Waals surface area contributed by atoms with Crippen molar-refractivity contribution in [2.75, 3.05) is 26.7 Å². The van der Waals surface area contributed by atoms with Crippen LogP contribution in [0, 0.1) is 11.8 Å². The molecule has 2 aromatic rings. The van der Waals surface area contributed by atoms with Gasteiger partial charge in [-0.2, -0.15) is 0 Å². The third kappa shape index (κ3) is 2.28. The summed E-state index contributed by atoms with van der Waals surface area (Å²) in [5.41, 5.74) is 2.85. The van der Waals surface area contributed by atoms with Crippen LogP contribution in [-0.4, -0.2) is 36.3 Å². The molecule has 1 heterocycles. The summed E-state index contributed by atoms with van der Waals surface area (Å²) in [5.74, 6) is 6.52. The average Bonchev–Trinajstić information content (AvgIpc) is 3.10. The molecule has 1 N–H and O–H groups in total. The van der Waals surface area contributed by atoms with Crippen molar-refractivity contribution >= 4 is 0 Å². The van der Waals surface area contributed by atoms with Crippen molar-refractivity contribution in [3.8, 4) is 23.0 Å². The van der Waals surface area contributed by atoms with Gasteiger partial charge in [0.25, 0.3) is 0 Å². The number of rotatable bonds is 1. The van der Waals surface area contributed by atoms with Crippen LogP contribution >= 0.6 is 0 Å². The van der Waals surface area contributed by atoms with Gasteiger partial charge in [0.15, 0.2) is 5.60 Å². The normalized spacial score (nSPS) is 19.6. The Balaban J connectivity index is 1.75. The predicted molar refractivity (Wildman–Crippen MR) is 92.7 cm³/mol. The SMILES string of the molecule is C[N+]1(CC#CC2(O)c3ccccc3-c3ccccc32)CCCC1. The quantitative estimate of drug-likeness (QED) is 0.634. The van der Waals surface area contributed by atoms with E-state index < -0.39 is 5.60 Å². The molecule has 1 aliphatic heterocycles. The zero-order valence-electron chi connectivity index (χ0n) is 13.5. The largest absolute Gasteiger partial charge is 0.369 e. The highest BCUT2D eigenvalue weighted by Gasteiger charge is 2.40. The first-order chi connectivity index (χ1) is 11.1. The third-order valence-electron chi connectivity index (χ3n) is 5.30. The summed E-state index contributed by atoms with van der Waals surface area (Å²) in [6.45, 7) is 3.20. The number of hydrogen-bond donors (Lipinski definition) is 1. The van der Waals surface area contributed by atoms with Gasteiger partial charge in [0, 0.05) is 24.0 Å². The maximum Gasteiger partial charge on any atom is 0.178 e. The highest BCUT2D eigenvalue weighted by atomic mass is 16.3. The van der Waals surface area contributed by atoms with E-state index in [0.717, 1.165) is 33.3 Å². The molecule has 0 atom stereocenters. The topological polar surface area (TPSA) is 20.2 Å². The van der Waals surface area contributed by atoms with Crippen LogP contribution in [0.1, 0.15) is 24.0 Å². The maximum absolute atomic E-state index is 11.4. The summed E-state index contributed by atoms with van der Waals surface area (Å²) in [4.78, 5) is 0. The van der Waals surface area contributed by atoms with Crippen LogP contribution in [0.2, 0.25) is 0 Å². The van der Waals surface area contributed by atoms with Crippen molar-refractivity contribution < 1.29 is 9.59 Å². The summed E-state index contributed by atoms with van der Waals surface area (Å²) in [6, 6.07) is 16.1. The fourth-order valence-electron chi connectivity index (χ4n) is 3.96. The molecule has 0 radical (unpaired) electrons. The van der Waals surface area contributed by atoms with Gasteiger partial charge in [-0.15, -0.1) is 0 Å². The molecule has 0 saturated carbocycles. The first-order valence-electron chi connectivity index (χ1n) is 8.38. The molecule has 1 saturated heterocycles. The van der Waals surface area contributed by atoms with E-state index in [1.165, 1.54) is 25.9 Å².